The van der Waals surface area contributed by atoms with E-state index in [2.05, 4.69) is 0 Å². The third-order valence-corrected chi connectivity index (χ3v) is 3.62. The zero-order valence-electron chi connectivity index (χ0n) is 11.3. The number of rotatable bonds is 3. The lowest BCUT2D eigenvalue weighted by molar-refractivity contribution is -0.123. The number of hydrogen-bond donors (Lipinski definition) is 2. The van der Waals surface area contributed by atoms with Gasteiger partial charge in [-0.3, -0.25) is 9.59 Å². The average Bonchev–Trinajstić information content (AvgIpc) is 2.46. The summed E-state index contributed by atoms with van der Waals surface area (Å²) in [5.41, 5.74) is 5.50. The second-order valence-corrected chi connectivity index (χ2v) is 4.85. The first-order chi connectivity index (χ1) is 9.52. The van der Waals surface area contributed by atoms with Crippen LogP contribution in [-0.4, -0.2) is 42.0 Å². The lowest BCUT2D eigenvalue weighted by atomic mass is 9.96. The van der Waals surface area contributed by atoms with E-state index in [1.165, 1.54) is 19.2 Å². The maximum absolute atomic E-state index is 12.3. The van der Waals surface area contributed by atoms with Crippen LogP contribution in [0, 0.1) is 5.92 Å². The van der Waals surface area contributed by atoms with Gasteiger partial charge in [0.05, 0.1) is 12.7 Å². The SMILES string of the molecule is COc1ccc(C(=O)N2CCC(C(N)=O)CC2)c(O)c1. The number of nitrogens with two attached hydrogens (primary N) is 1. The monoisotopic (exact) mass is 278 g/mol. The molecule has 0 atom stereocenters. The third-order valence-electron chi connectivity index (χ3n) is 3.62. The molecule has 1 heterocycles. The zero-order chi connectivity index (χ0) is 14.7. The van der Waals surface area contributed by atoms with Crippen LogP contribution < -0.4 is 10.5 Å². The van der Waals surface area contributed by atoms with Crippen LogP contribution in [-0.2, 0) is 4.79 Å². The molecule has 6 heteroatoms. The molecule has 1 fully saturated rings. The van der Waals surface area contributed by atoms with E-state index in [1.807, 2.05) is 0 Å². The number of carbonyl (C=O) groups excluding carboxylic acids is 2. The molecule has 1 aliphatic heterocycles. The molecular formula is C14H18N2O4. The van der Waals surface area contributed by atoms with Crippen LogP contribution in [0.5, 0.6) is 11.5 Å². The quantitative estimate of drug-likeness (QED) is 0.852. The summed E-state index contributed by atoms with van der Waals surface area (Å²) in [5.74, 6) is -0.334. The summed E-state index contributed by atoms with van der Waals surface area (Å²) in [7, 11) is 1.49. The highest BCUT2D eigenvalue weighted by molar-refractivity contribution is 5.97. The summed E-state index contributed by atoms with van der Waals surface area (Å²) in [6.45, 7) is 0.940. The summed E-state index contributed by atoms with van der Waals surface area (Å²) in [6.07, 6.45) is 1.13. The van der Waals surface area contributed by atoms with E-state index in [4.69, 9.17) is 10.5 Å². The Morgan fingerprint density at radius 2 is 2.00 bits per heavy atom. The molecular weight excluding hydrogens is 260 g/mol. The number of phenolic OH excluding ortho intramolecular Hbond substituents is 1. The highest BCUT2D eigenvalue weighted by Crippen LogP contribution is 2.26. The van der Waals surface area contributed by atoms with Gasteiger partial charge in [-0.15, -0.1) is 0 Å². The van der Waals surface area contributed by atoms with Crippen LogP contribution >= 0.6 is 0 Å². The normalized spacial score (nSPS) is 15.9. The molecule has 3 N–H and O–H groups in total. The van der Waals surface area contributed by atoms with Gasteiger partial charge in [0.1, 0.15) is 11.5 Å². The topological polar surface area (TPSA) is 92.9 Å². The Morgan fingerprint density at radius 3 is 2.50 bits per heavy atom. The van der Waals surface area contributed by atoms with Gasteiger partial charge in [-0.1, -0.05) is 0 Å². The molecule has 1 aliphatic rings. The van der Waals surface area contributed by atoms with E-state index >= 15 is 0 Å². The molecule has 0 spiro atoms. The first kappa shape index (κ1) is 14.2. The number of phenols is 1. The van der Waals surface area contributed by atoms with Crippen molar-refractivity contribution in [1.29, 1.82) is 0 Å². The van der Waals surface area contributed by atoms with E-state index in [0.29, 0.717) is 31.7 Å². The highest BCUT2D eigenvalue weighted by atomic mass is 16.5. The first-order valence-corrected chi connectivity index (χ1v) is 6.48. The lowest BCUT2D eigenvalue weighted by Gasteiger charge is -2.30. The van der Waals surface area contributed by atoms with Crippen molar-refractivity contribution >= 4 is 11.8 Å². The fourth-order valence-electron chi connectivity index (χ4n) is 2.36. The summed E-state index contributed by atoms with van der Waals surface area (Å²) in [6, 6.07) is 4.57. The maximum atomic E-state index is 12.3. The number of carbonyl (C=O) groups is 2. The highest BCUT2D eigenvalue weighted by Gasteiger charge is 2.27. The van der Waals surface area contributed by atoms with Crippen molar-refractivity contribution in [2.24, 2.45) is 11.7 Å². The molecule has 0 radical (unpaired) electrons. The van der Waals surface area contributed by atoms with Gasteiger partial charge in [-0.2, -0.15) is 0 Å². The molecule has 1 aromatic carbocycles. The molecule has 1 aromatic rings. The smallest absolute Gasteiger partial charge is 0.257 e. The molecule has 0 aliphatic carbocycles. The Morgan fingerprint density at radius 1 is 1.35 bits per heavy atom. The predicted molar refractivity (Wildman–Crippen MR) is 72.5 cm³/mol. The summed E-state index contributed by atoms with van der Waals surface area (Å²) < 4.78 is 4.98. The number of amides is 2. The predicted octanol–water partition coefficient (Wildman–Crippen LogP) is 0.738. The number of likely N-dealkylation sites (tertiary alicyclic amines) is 1. The zero-order valence-corrected chi connectivity index (χ0v) is 11.3. The van der Waals surface area contributed by atoms with Gasteiger partial charge < -0.3 is 20.5 Å². The van der Waals surface area contributed by atoms with Gasteiger partial charge in [0.25, 0.3) is 5.91 Å². The molecule has 108 valence electrons. The van der Waals surface area contributed by atoms with Crippen molar-refractivity contribution in [2.45, 2.75) is 12.8 Å². The Balaban J connectivity index is 2.07. The number of ether oxygens (including phenoxy) is 1. The summed E-state index contributed by atoms with van der Waals surface area (Å²) >= 11 is 0. The van der Waals surface area contributed by atoms with E-state index in [9.17, 15) is 14.7 Å². The van der Waals surface area contributed by atoms with Gasteiger partial charge >= 0.3 is 0 Å². The van der Waals surface area contributed by atoms with E-state index < -0.39 is 0 Å². The lowest BCUT2D eigenvalue weighted by Crippen LogP contribution is -2.41. The van der Waals surface area contributed by atoms with Gasteiger partial charge in [-0.05, 0) is 25.0 Å². The van der Waals surface area contributed by atoms with Crippen LogP contribution in [0.3, 0.4) is 0 Å². The second kappa shape index (κ2) is 5.81. The van der Waals surface area contributed by atoms with Gasteiger partial charge in [-0.25, -0.2) is 0 Å². The van der Waals surface area contributed by atoms with Crippen LogP contribution in [0.1, 0.15) is 23.2 Å². The number of nitrogens with zero attached hydrogens (tertiary/aromatic N) is 1. The fourth-order valence-corrected chi connectivity index (χ4v) is 2.36. The Hall–Kier alpha value is -2.24. The minimum atomic E-state index is -0.315. The number of piperidine rings is 1. The Labute approximate surface area is 117 Å². The summed E-state index contributed by atoms with van der Waals surface area (Å²) in [5, 5.41) is 9.86. The molecule has 0 unspecified atom stereocenters. The van der Waals surface area contributed by atoms with Crippen molar-refractivity contribution in [2.75, 3.05) is 20.2 Å². The summed E-state index contributed by atoms with van der Waals surface area (Å²) in [4.78, 5) is 25.0. The van der Waals surface area contributed by atoms with Crippen molar-refractivity contribution in [3.05, 3.63) is 23.8 Å². The van der Waals surface area contributed by atoms with Crippen molar-refractivity contribution < 1.29 is 19.4 Å². The number of primary amides is 1. The number of benzene rings is 1. The second-order valence-electron chi connectivity index (χ2n) is 4.85. The van der Waals surface area contributed by atoms with Crippen LogP contribution in [0.25, 0.3) is 0 Å². The first-order valence-electron chi connectivity index (χ1n) is 6.48. The molecule has 0 saturated carbocycles. The van der Waals surface area contributed by atoms with Gasteiger partial charge in [0.2, 0.25) is 5.91 Å². The molecule has 1 saturated heterocycles. The van der Waals surface area contributed by atoms with Crippen molar-refractivity contribution in [1.82, 2.24) is 4.90 Å². The number of aromatic hydroxyl groups is 1. The van der Waals surface area contributed by atoms with Crippen LogP contribution in [0.2, 0.25) is 0 Å². The van der Waals surface area contributed by atoms with E-state index in [1.54, 1.807) is 11.0 Å². The average molecular weight is 278 g/mol. The molecule has 0 aromatic heterocycles. The maximum Gasteiger partial charge on any atom is 0.257 e. The largest absolute Gasteiger partial charge is 0.507 e. The van der Waals surface area contributed by atoms with E-state index in [0.717, 1.165) is 0 Å². The number of hydrogen-bond acceptors (Lipinski definition) is 4. The Bertz CT molecular complexity index is 522. The number of methoxy groups -OCH3 is 1. The molecule has 2 amide bonds. The minimum Gasteiger partial charge on any atom is -0.507 e. The van der Waals surface area contributed by atoms with Crippen molar-refractivity contribution in [3.63, 3.8) is 0 Å². The van der Waals surface area contributed by atoms with Crippen LogP contribution in [0.4, 0.5) is 0 Å². The minimum absolute atomic E-state index is 0.105. The third kappa shape index (κ3) is 2.84. The van der Waals surface area contributed by atoms with Gasteiger partial charge in [0.15, 0.2) is 0 Å². The van der Waals surface area contributed by atoms with Crippen molar-refractivity contribution in [3.8, 4) is 11.5 Å². The fraction of sp³-hybridized carbons (Fsp3) is 0.429. The van der Waals surface area contributed by atoms with E-state index in [-0.39, 0.29) is 29.0 Å². The molecule has 6 nitrogen and oxygen atoms in total. The van der Waals surface area contributed by atoms with Gasteiger partial charge in [0, 0.05) is 25.1 Å². The molecule has 2 rings (SSSR count). The van der Waals surface area contributed by atoms with Crippen LogP contribution in [0.15, 0.2) is 18.2 Å². The molecule has 0 bridgehead atoms. The Kier molecular flexibility index (Phi) is 4.12. The standard InChI is InChI=1S/C14H18N2O4/c1-20-10-2-3-11(12(17)8-10)14(19)16-6-4-9(5-7-16)13(15)18/h2-3,8-9,17H,4-7H2,1H3,(H2,15,18). The molecule has 20 heavy (non-hydrogen) atoms.